The van der Waals surface area contributed by atoms with E-state index in [1.54, 1.807) is 13.0 Å². The molecule has 4 heteroatoms. The van der Waals surface area contributed by atoms with Crippen LogP contribution in [0.2, 0.25) is 0 Å². The average Bonchev–Trinajstić information content (AvgIpc) is 2.42. The number of carbonyl (C=O) groups is 1. The minimum Gasteiger partial charge on any atom is -0.390 e. The molecule has 4 nitrogen and oxygen atoms in total. The molecule has 1 fully saturated rings. The molecule has 3 N–H and O–H groups in total. The van der Waals surface area contributed by atoms with Crippen molar-refractivity contribution in [3.8, 4) is 0 Å². The Morgan fingerprint density at radius 2 is 1.87 bits per heavy atom. The molecule has 0 spiro atoms. The summed E-state index contributed by atoms with van der Waals surface area (Å²) in [5.41, 5.74) is -0.732. The predicted molar refractivity (Wildman–Crippen MR) is 89.8 cm³/mol. The van der Waals surface area contributed by atoms with Crippen LogP contribution in [0.5, 0.6) is 0 Å². The lowest BCUT2D eigenvalue weighted by Crippen LogP contribution is -2.64. The largest absolute Gasteiger partial charge is 0.390 e. The number of ketones is 1. The second-order valence-corrected chi connectivity index (χ2v) is 7.95. The first-order valence-electron chi connectivity index (χ1n) is 8.54. The Morgan fingerprint density at radius 1 is 1.22 bits per heavy atom. The van der Waals surface area contributed by atoms with Gasteiger partial charge in [-0.25, -0.2) is 0 Å². The molecule has 0 aromatic carbocycles. The zero-order chi connectivity index (χ0) is 17.4. The fourth-order valence-electron chi connectivity index (χ4n) is 4.33. The summed E-state index contributed by atoms with van der Waals surface area (Å²) in [5.74, 6) is -0.211. The summed E-state index contributed by atoms with van der Waals surface area (Å²) < 4.78 is 0. The monoisotopic (exact) mass is 322 g/mol. The highest BCUT2D eigenvalue weighted by Gasteiger charge is 2.59. The topological polar surface area (TPSA) is 77.8 Å². The summed E-state index contributed by atoms with van der Waals surface area (Å²) in [6, 6.07) is 0. The summed E-state index contributed by atoms with van der Waals surface area (Å²) in [5, 5.41) is 31.7. The Hall–Kier alpha value is -0.970. The van der Waals surface area contributed by atoms with Crippen LogP contribution in [0, 0.1) is 11.3 Å². The van der Waals surface area contributed by atoms with Gasteiger partial charge in [0.1, 0.15) is 0 Å². The molecule has 0 aromatic heterocycles. The van der Waals surface area contributed by atoms with E-state index in [1.165, 1.54) is 0 Å². The van der Waals surface area contributed by atoms with E-state index in [4.69, 9.17) is 0 Å². The number of aliphatic hydroxyl groups excluding tert-OH is 2. The highest BCUT2D eigenvalue weighted by molar-refractivity contribution is 5.90. The Balaban J connectivity index is 2.44. The van der Waals surface area contributed by atoms with Crippen LogP contribution in [-0.4, -0.2) is 38.9 Å². The molecule has 2 rings (SSSR count). The Kier molecular flexibility index (Phi) is 5.19. The number of Topliss-reactive ketones (excluding diaryl/α,β-unsaturated/α-hetero) is 1. The standard InChI is InChI=1S/C19H30O4/c1-12-5-6-14-7-8-16(21)19(23,18(14,3)4)17(22)11-13(2)10-15(20)9-12/h10,14-16,20-21,23H,1,5-9,11H2,2-4H3/b13-10-/t14-,15+,16+,19-/m1/s1. The average molecular weight is 322 g/mol. The maximum Gasteiger partial charge on any atom is 0.171 e. The smallest absolute Gasteiger partial charge is 0.171 e. The van der Waals surface area contributed by atoms with E-state index in [0.717, 1.165) is 30.4 Å². The molecular weight excluding hydrogens is 292 g/mol. The van der Waals surface area contributed by atoms with Gasteiger partial charge in [-0.05, 0) is 44.9 Å². The minimum atomic E-state index is -1.74. The third kappa shape index (κ3) is 3.30. The highest BCUT2D eigenvalue weighted by atomic mass is 16.4. The summed E-state index contributed by atoms with van der Waals surface area (Å²) in [6.45, 7) is 9.61. The van der Waals surface area contributed by atoms with Crippen LogP contribution < -0.4 is 0 Å². The van der Waals surface area contributed by atoms with Crippen molar-refractivity contribution >= 4 is 5.78 Å². The van der Waals surface area contributed by atoms with Crippen molar-refractivity contribution in [2.24, 2.45) is 11.3 Å². The van der Waals surface area contributed by atoms with E-state index >= 15 is 0 Å². The van der Waals surface area contributed by atoms with E-state index in [-0.39, 0.29) is 18.1 Å². The molecular formula is C19H30O4. The normalized spacial score (nSPS) is 41.5. The quantitative estimate of drug-likeness (QED) is 0.599. The second-order valence-electron chi connectivity index (χ2n) is 7.95. The van der Waals surface area contributed by atoms with Gasteiger partial charge in [0.25, 0.3) is 0 Å². The lowest BCUT2D eigenvalue weighted by Gasteiger charge is -2.53. The molecule has 0 unspecified atom stereocenters. The van der Waals surface area contributed by atoms with E-state index in [2.05, 4.69) is 6.58 Å². The molecule has 1 saturated carbocycles. The van der Waals surface area contributed by atoms with Crippen molar-refractivity contribution in [3.05, 3.63) is 23.8 Å². The van der Waals surface area contributed by atoms with E-state index in [0.29, 0.717) is 12.8 Å². The number of fused-ring (bicyclic) bond motifs is 2. The van der Waals surface area contributed by atoms with Gasteiger partial charge in [-0.15, -0.1) is 0 Å². The molecule has 0 radical (unpaired) electrons. The van der Waals surface area contributed by atoms with Gasteiger partial charge in [-0.3, -0.25) is 4.79 Å². The van der Waals surface area contributed by atoms with Crippen molar-refractivity contribution in [2.45, 2.75) is 77.1 Å². The number of rotatable bonds is 0. The van der Waals surface area contributed by atoms with E-state index in [9.17, 15) is 20.1 Å². The number of carbonyl (C=O) groups excluding carboxylic acids is 1. The minimum absolute atomic E-state index is 0.0489. The van der Waals surface area contributed by atoms with Crippen LogP contribution in [0.15, 0.2) is 23.8 Å². The van der Waals surface area contributed by atoms with Crippen LogP contribution in [0.25, 0.3) is 0 Å². The third-order valence-corrected chi connectivity index (χ3v) is 5.96. The Morgan fingerprint density at radius 3 is 2.52 bits per heavy atom. The maximum atomic E-state index is 12.8. The first kappa shape index (κ1) is 18.4. The van der Waals surface area contributed by atoms with Crippen LogP contribution in [-0.2, 0) is 4.79 Å². The zero-order valence-corrected chi connectivity index (χ0v) is 14.5. The zero-order valence-electron chi connectivity index (χ0n) is 14.5. The Labute approximate surface area is 138 Å². The fraction of sp³-hybridized carbons (Fsp3) is 0.737. The summed E-state index contributed by atoms with van der Waals surface area (Å²) in [7, 11) is 0. The first-order chi connectivity index (χ1) is 10.6. The van der Waals surface area contributed by atoms with Gasteiger partial charge in [-0.2, -0.15) is 0 Å². The SMILES string of the molecule is C=C1CC[C@@H]2CC[C@H](O)[C@@](O)(C(=O)C/C(C)=C\[C@@H](O)C1)C2(C)C. The van der Waals surface area contributed by atoms with E-state index < -0.39 is 23.2 Å². The molecule has 23 heavy (non-hydrogen) atoms. The maximum absolute atomic E-state index is 12.8. The van der Waals surface area contributed by atoms with Crippen molar-refractivity contribution in [1.29, 1.82) is 0 Å². The van der Waals surface area contributed by atoms with Gasteiger partial charge >= 0.3 is 0 Å². The van der Waals surface area contributed by atoms with Crippen molar-refractivity contribution in [2.75, 3.05) is 0 Å². The number of hydrogen-bond acceptors (Lipinski definition) is 4. The number of allylic oxidation sites excluding steroid dienone is 1. The number of hydrogen-bond donors (Lipinski definition) is 3. The van der Waals surface area contributed by atoms with Crippen molar-refractivity contribution in [1.82, 2.24) is 0 Å². The predicted octanol–water partition coefficient (Wildman–Crippen LogP) is 2.52. The molecule has 0 amide bonds. The van der Waals surface area contributed by atoms with Crippen molar-refractivity contribution in [3.63, 3.8) is 0 Å². The molecule has 0 saturated heterocycles. The lowest BCUT2D eigenvalue weighted by atomic mass is 9.55. The van der Waals surface area contributed by atoms with Gasteiger partial charge in [-0.1, -0.05) is 37.6 Å². The van der Waals surface area contributed by atoms with Crippen LogP contribution in [0.4, 0.5) is 0 Å². The Bertz CT molecular complexity index is 519. The van der Waals surface area contributed by atoms with Gasteiger partial charge in [0, 0.05) is 11.8 Å². The molecule has 0 aliphatic heterocycles. The highest BCUT2D eigenvalue weighted by Crippen LogP contribution is 2.51. The van der Waals surface area contributed by atoms with Crippen LogP contribution >= 0.6 is 0 Å². The van der Waals surface area contributed by atoms with E-state index in [1.807, 2.05) is 13.8 Å². The van der Waals surface area contributed by atoms with Gasteiger partial charge in [0.15, 0.2) is 11.4 Å². The molecule has 130 valence electrons. The second kappa shape index (κ2) is 6.50. The summed E-state index contributed by atoms with van der Waals surface area (Å²) in [4.78, 5) is 12.8. The number of aliphatic hydroxyl groups is 3. The van der Waals surface area contributed by atoms with Gasteiger partial charge in [0.05, 0.1) is 12.2 Å². The van der Waals surface area contributed by atoms with Crippen molar-refractivity contribution < 1.29 is 20.1 Å². The first-order valence-corrected chi connectivity index (χ1v) is 8.54. The summed E-state index contributed by atoms with van der Waals surface area (Å²) >= 11 is 0. The third-order valence-electron chi connectivity index (χ3n) is 5.96. The molecule has 4 atom stereocenters. The molecule has 0 aromatic rings. The van der Waals surface area contributed by atoms with Crippen LogP contribution in [0.1, 0.15) is 59.3 Å². The summed E-state index contributed by atoms with van der Waals surface area (Å²) in [6.07, 6.45) is 3.32. The molecule has 0 heterocycles. The van der Waals surface area contributed by atoms with Gasteiger partial charge < -0.3 is 15.3 Å². The van der Waals surface area contributed by atoms with Crippen LogP contribution in [0.3, 0.4) is 0 Å². The molecule has 2 aliphatic carbocycles. The fourth-order valence-corrected chi connectivity index (χ4v) is 4.33. The lowest BCUT2D eigenvalue weighted by molar-refractivity contribution is -0.198. The van der Waals surface area contributed by atoms with Gasteiger partial charge in [0.2, 0.25) is 0 Å². The molecule has 2 aliphatic rings. The molecule has 2 bridgehead atoms.